The molecular formula is C15H10FN3S. The summed E-state index contributed by atoms with van der Waals surface area (Å²) in [6.07, 6.45) is 1.71. The SMILES string of the molecule is Fc1ccc(-c2cc(-c3ccccn3)[nH]c(=S)n2)cc1. The predicted molar refractivity (Wildman–Crippen MR) is 78.0 cm³/mol. The van der Waals surface area contributed by atoms with Gasteiger partial charge in [0.25, 0.3) is 0 Å². The summed E-state index contributed by atoms with van der Waals surface area (Å²) in [4.78, 5) is 11.6. The first-order chi connectivity index (χ1) is 9.72. The van der Waals surface area contributed by atoms with Gasteiger partial charge in [-0.2, -0.15) is 0 Å². The van der Waals surface area contributed by atoms with Crippen molar-refractivity contribution in [2.45, 2.75) is 0 Å². The molecule has 0 bridgehead atoms. The number of pyridine rings is 1. The number of nitrogens with zero attached hydrogens (tertiary/aromatic N) is 2. The summed E-state index contributed by atoms with van der Waals surface area (Å²) >= 11 is 5.14. The lowest BCUT2D eigenvalue weighted by molar-refractivity contribution is 0.628. The molecule has 3 nitrogen and oxygen atoms in total. The van der Waals surface area contributed by atoms with Crippen molar-refractivity contribution in [2.75, 3.05) is 0 Å². The van der Waals surface area contributed by atoms with Gasteiger partial charge in [0.2, 0.25) is 0 Å². The van der Waals surface area contributed by atoms with Crippen LogP contribution >= 0.6 is 12.2 Å². The number of nitrogens with one attached hydrogen (secondary N) is 1. The Balaban J connectivity index is 2.12. The Hall–Kier alpha value is -2.40. The maximum Gasteiger partial charge on any atom is 0.197 e. The third kappa shape index (κ3) is 2.62. The minimum absolute atomic E-state index is 0.278. The molecule has 0 radical (unpaired) electrons. The van der Waals surface area contributed by atoms with Crippen LogP contribution in [0.4, 0.5) is 4.39 Å². The highest BCUT2D eigenvalue weighted by Crippen LogP contribution is 2.21. The van der Waals surface area contributed by atoms with Crippen LogP contribution in [0.3, 0.4) is 0 Å². The van der Waals surface area contributed by atoms with Crippen molar-refractivity contribution in [3.8, 4) is 22.6 Å². The van der Waals surface area contributed by atoms with E-state index in [2.05, 4.69) is 15.0 Å². The summed E-state index contributed by atoms with van der Waals surface area (Å²) in [5.74, 6) is -0.278. The molecule has 0 aliphatic rings. The van der Waals surface area contributed by atoms with Crippen molar-refractivity contribution in [1.29, 1.82) is 0 Å². The summed E-state index contributed by atoms with van der Waals surface area (Å²) in [5, 5.41) is 0. The summed E-state index contributed by atoms with van der Waals surface area (Å²) in [7, 11) is 0. The van der Waals surface area contributed by atoms with Gasteiger partial charge < -0.3 is 4.98 Å². The molecule has 3 rings (SSSR count). The van der Waals surface area contributed by atoms with Gasteiger partial charge in [-0.1, -0.05) is 6.07 Å². The monoisotopic (exact) mass is 283 g/mol. The Morgan fingerprint density at radius 3 is 2.50 bits per heavy atom. The van der Waals surface area contributed by atoms with E-state index >= 15 is 0 Å². The van der Waals surface area contributed by atoms with Gasteiger partial charge in [-0.05, 0) is 54.7 Å². The fourth-order valence-corrected chi connectivity index (χ4v) is 2.09. The van der Waals surface area contributed by atoms with Crippen molar-refractivity contribution in [3.63, 3.8) is 0 Å². The van der Waals surface area contributed by atoms with Crippen LogP contribution in [0, 0.1) is 10.6 Å². The first-order valence-electron chi connectivity index (χ1n) is 6.01. The van der Waals surface area contributed by atoms with Crippen molar-refractivity contribution >= 4 is 12.2 Å². The van der Waals surface area contributed by atoms with Gasteiger partial charge in [-0.15, -0.1) is 0 Å². The Morgan fingerprint density at radius 1 is 1.00 bits per heavy atom. The highest BCUT2D eigenvalue weighted by atomic mass is 32.1. The number of rotatable bonds is 2. The summed E-state index contributed by atoms with van der Waals surface area (Å²) in [6.45, 7) is 0. The molecule has 0 aliphatic heterocycles. The van der Waals surface area contributed by atoms with Crippen molar-refractivity contribution in [3.05, 3.63) is 65.3 Å². The molecule has 3 aromatic rings. The molecular weight excluding hydrogens is 273 g/mol. The Morgan fingerprint density at radius 2 is 1.80 bits per heavy atom. The van der Waals surface area contributed by atoms with E-state index in [4.69, 9.17) is 12.2 Å². The molecule has 0 atom stereocenters. The van der Waals surface area contributed by atoms with Crippen LogP contribution in [0.5, 0.6) is 0 Å². The molecule has 0 amide bonds. The smallest absolute Gasteiger partial charge is 0.197 e. The second-order valence-corrected chi connectivity index (χ2v) is 4.59. The number of benzene rings is 1. The summed E-state index contributed by atoms with van der Waals surface area (Å²) in [5.41, 5.74) is 3.06. The number of aromatic nitrogens is 3. The highest BCUT2D eigenvalue weighted by Gasteiger charge is 2.05. The topological polar surface area (TPSA) is 41.6 Å². The zero-order valence-corrected chi connectivity index (χ0v) is 11.2. The van der Waals surface area contributed by atoms with Crippen LogP contribution < -0.4 is 0 Å². The van der Waals surface area contributed by atoms with Gasteiger partial charge in [-0.3, -0.25) is 4.98 Å². The molecule has 5 heteroatoms. The van der Waals surface area contributed by atoms with Crippen molar-refractivity contribution in [2.24, 2.45) is 0 Å². The third-order valence-electron chi connectivity index (χ3n) is 2.83. The molecule has 98 valence electrons. The molecule has 0 unspecified atom stereocenters. The molecule has 0 saturated heterocycles. The number of halogens is 1. The van der Waals surface area contributed by atoms with E-state index in [-0.39, 0.29) is 5.82 Å². The maximum atomic E-state index is 13.0. The van der Waals surface area contributed by atoms with E-state index in [9.17, 15) is 4.39 Å². The van der Waals surface area contributed by atoms with Crippen molar-refractivity contribution < 1.29 is 4.39 Å². The van der Waals surface area contributed by atoms with Crippen LogP contribution in [0.2, 0.25) is 0 Å². The van der Waals surface area contributed by atoms with E-state index in [1.807, 2.05) is 24.3 Å². The van der Waals surface area contributed by atoms with Gasteiger partial charge in [0.1, 0.15) is 5.82 Å². The number of hydrogen-bond acceptors (Lipinski definition) is 3. The summed E-state index contributed by atoms with van der Waals surface area (Å²) in [6, 6.07) is 13.6. The average Bonchev–Trinajstić information content (AvgIpc) is 2.48. The van der Waals surface area contributed by atoms with E-state index in [1.54, 1.807) is 18.3 Å². The standard InChI is InChI=1S/C15H10FN3S/c16-11-6-4-10(5-7-11)13-9-14(19-15(20)18-13)12-3-1-2-8-17-12/h1-9H,(H,18,19,20). The second-order valence-electron chi connectivity index (χ2n) is 4.21. The fraction of sp³-hybridized carbons (Fsp3) is 0. The lowest BCUT2D eigenvalue weighted by atomic mass is 10.1. The second kappa shape index (κ2) is 5.30. The van der Waals surface area contributed by atoms with Crippen LogP contribution in [0.15, 0.2) is 54.7 Å². The maximum absolute atomic E-state index is 13.0. The first-order valence-corrected chi connectivity index (χ1v) is 6.42. The van der Waals surface area contributed by atoms with E-state index in [1.165, 1.54) is 12.1 Å². The molecule has 1 N–H and O–H groups in total. The minimum Gasteiger partial charge on any atom is -0.329 e. The predicted octanol–water partition coefficient (Wildman–Crippen LogP) is 4.01. The Kier molecular flexibility index (Phi) is 3.35. The molecule has 0 fully saturated rings. The third-order valence-corrected chi connectivity index (χ3v) is 3.02. The Labute approximate surface area is 120 Å². The molecule has 1 aromatic carbocycles. The van der Waals surface area contributed by atoms with Gasteiger partial charge in [0, 0.05) is 11.8 Å². The molecule has 0 spiro atoms. The Bertz CT molecular complexity index is 782. The van der Waals surface area contributed by atoms with Crippen LogP contribution in [-0.2, 0) is 0 Å². The normalized spacial score (nSPS) is 10.4. The van der Waals surface area contributed by atoms with Gasteiger partial charge >= 0.3 is 0 Å². The zero-order valence-electron chi connectivity index (χ0n) is 10.4. The molecule has 2 aromatic heterocycles. The minimum atomic E-state index is -0.278. The average molecular weight is 283 g/mol. The van der Waals surface area contributed by atoms with E-state index in [0.717, 1.165) is 17.0 Å². The number of aromatic amines is 1. The molecule has 0 saturated carbocycles. The lowest BCUT2D eigenvalue weighted by Crippen LogP contribution is -1.93. The van der Waals surface area contributed by atoms with Crippen LogP contribution in [0.1, 0.15) is 0 Å². The van der Waals surface area contributed by atoms with Gasteiger partial charge in [-0.25, -0.2) is 9.37 Å². The quantitative estimate of drug-likeness (QED) is 0.723. The van der Waals surface area contributed by atoms with Gasteiger partial charge in [0.15, 0.2) is 4.77 Å². The zero-order chi connectivity index (χ0) is 13.9. The van der Waals surface area contributed by atoms with E-state index < -0.39 is 0 Å². The lowest BCUT2D eigenvalue weighted by Gasteiger charge is -2.05. The fourth-order valence-electron chi connectivity index (χ4n) is 1.89. The molecule has 2 heterocycles. The van der Waals surface area contributed by atoms with Crippen molar-refractivity contribution in [1.82, 2.24) is 15.0 Å². The largest absolute Gasteiger partial charge is 0.329 e. The summed E-state index contributed by atoms with van der Waals surface area (Å²) < 4.78 is 13.3. The van der Waals surface area contributed by atoms with Crippen LogP contribution in [0.25, 0.3) is 22.6 Å². The number of H-pyrrole nitrogens is 1. The molecule has 20 heavy (non-hydrogen) atoms. The molecule has 0 aliphatic carbocycles. The highest BCUT2D eigenvalue weighted by molar-refractivity contribution is 7.71. The number of hydrogen-bond donors (Lipinski definition) is 1. The first kappa shape index (κ1) is 12.6. The van der Waals surface area contributed by atoms with Gasteiger partial charge in [0.05, 0.1) is 17.1 Å². The van der Waals surface area contributed by atoms with Crippen LogP contribution in [-0.4, -0.2) is 15.0 Å². The van der Waals surface area contributed by atoms with E-state index in [0.29, 0.717) is 10.5 Å².